The zero-order chi connectivity index (χ0) is 11.4. The van der Waals surface area contributed by atoms with Crippen molar-refractivity contribution in [3.05, 3.63) is 28.7 Å². The number of nitrogens with one attached hydrogen (secondary N) is 1. The molecule has 2 aromatic heterocycles. The van der Waals surface area contributed by atoms with Crippen molar-refractivity contribution in [3.8, 4) is 0 Å². The lowest BCUT2D eigenvalue weighted by molar-refractivity contribution is 0.634. The van der Waals surface area contributed by atoms with Crippen LogP contribution in [-0.4, -0.2) is 21.2 Å². The number of aromatic nitrogens is 3. The number of thioether (sulfide) groups is 1. The molecule has 0 aromatic carbocycles. The topological polar surface area (TPSA) is 67.6 Å². The predicted molar refractivity (Wildman–Crippen MR) is 67.6 cm³/mol. The highest BCUT2D eigenvalue weighted by Gasteiger charge is 2.21. The molecular formula is C10H14N4S2. The minimum atomic E-state index is 0.129. The first kappa shape index (κ1) is 11.6. The zero-order valence-electron chi connectivity index (χ0n) is 8.96. The Bertz CT molecular complexity index is 398. The van der Waals surface area contributed by atoms with Crippen LogP contribution in [0, 0.1) is 0 Å². The van der Waals surface area contributed by atoms with Crippen molar-refractivity contribution in [2.75, 3.05) is 0 Å². The number of hydrogen-bond acceptors (Lipinski definition) is 5. The molecule has 0 aliphatic carbocycles. The van der Waals surface area contributed by atoms with Crippen LogP contribution in [0.1, 0.15) is 24.2 Å². The fourth-order valence-electron chi connectivity index (χ4n) is 1.42. The van der Waals surface area contributed by atoms with Crippen LogP contribution in [0.15, 0.2) is 28.3 Å². The molecule has 0 spiro atoms. The largest absolute Gasteiger partial charge is 0.326 e. The molecule has 0 fully saturated rings. The van der Waals surface area contributed by atoms with Crippen molar-refractivity contribution in [2.45, 2.75) is 29.8 Å². The SMILES string of the molecule is CCC(N)C(Sc1ncn[nH]1)c1ccsc1. The summed E-state index contributed by atoms with van der Waals surface area (Å²) in [6.07, 6.45) is 2.46. The van der Waals surface area contributed by atoms with Crippen LogP contribution in [0.25, 0.3) is 0 Å². The van der Waals surface area contributed by atoms with Crippen LogP contribution in [0.4, 0.5) is 0 Å². The van der Waals surface area contributed by atoms with Gasteiger partial charge in [0.1, 0.15) is 6.33 Å². The lowest BCUT2D eigenvalue weighted by Gasteiger charge is -2.20. The molecule has 2 rings (SSSR count). The average molecular weight is 254 g/mol. The zero-order valence-corrected chi connectivity index (χ0v) is 10.6. The van der Waals surface area contributed by atoms with Crippen molar-refractivity contribution < 1.29 is 0 Å². The summed E-state index contributed by atoms with van der Waals surface area (Å²) in [4.78, 5) is 4.13. The molecule has 0 aliphatic heterocycles. The van der Waals surface area contributed by atoms with Gasteiger partial charge in [-0.1, -0.05) is 18.7 Å². The molecule has 0 saturated heterocycles. The van der Waals surface area contributed by atoms with Gasteiger partial charge in [0.25, 0.3) is 0 Å². The molecule has 0 amide bonds. The molecule has 16 heavy (non-hydrogen) atoms. The predicted octanol–water partition coefficient (Wildman–Crippen LogP) is 2.44. The van der Waals surface area contributed by atoms with Gasteiger partial charge in [0.05, 0.1) is 5.25 Å². The minimum Gasteiger partial charge on any atom is -0.326 e. The summed E-state index contributed by atoms with van der Waals surface area (Å²) >= 11 is 3.33. The Balaban J connectivity index is 2.15. The van der Waals surface area contributed by atoms with Crippen molar-refractivity contribution in [3.63, 3.8) is 0 Å². The second-order valence-electron chi connectivity index (χ2n) is 3.46. The monoisotopic (exact) mass is 254 g/mol. The van der Waals surface area contributed by atoms with Gasteiger partial charge >= 0.3 is 0 Å². The fourth-order valence-corrected chi connectivity index (χ4v) is 3.31. The van der Waals surface area contributed by atoms with Gasteiger partial charge in [0.15, 0.2) is 5.16 Å². The van der Waals surface area contributed by atoms with Crippen LogP contribution in [0.3, 0.4) is 0 Å². The molecule has 2 unspecified atom stereocenters. The van der Waals surface area contributed by atoms with Crippen LogP contribution in [0.5, 0.6) is 0 Å². The number of hydrogen-bond donors (Lipinski definition) is 2. The maximum atomic E-state index is 6.15. The first-order chi connectivity index (χ1) is 7.81. The van der Waals surface area contributed by atoms with Crippen LogP contribution in [0.2, 0.25) is 0 Å². The van der Waals surface area contributed by atoms with Crippen LogP contribution in [-0.2, 0) is 0 Å². The molecule has 2 aromatic rings. The maximum Gasteiger partial charge on any atom is 0.184 e. The summed E-state index contributed by atoms with van der Waals surface area (Å²) < 4.78 is 0. The number of thiophene rings is 1. The van der Waals surface area contributed by atoms with Gasteiger partial charge in [-0.15, -0.1) is 0 Å². The van der Waals surface area contributed by atoms with Gasteiger partial charge in [0.2, 0.25) is 0 Å². The number of nitrogens with zero attached hydrogens (tertiary/aromatic N) is 2. The van der Waals surface area contributed by atoms with Gasteiger partial charge in [-0.05, 0) is 28.8 Å². The highest BCUT2D eigenvalue weighted by Crippen LogP contribution is 2.36. The summed E-state index contributed by atoms with van der Waals surface area (Å²) in [6, 6.07) is 2.25. The van der Waals surface area contributed by atoms with E-state index in [4.69, 9.17) is 5.73 Å². The van der Waals surface area contributed by atoms with E-state index in [1.54, 1.807) is 23.1 Å². The van der Waals surface area contributed by atoms with Crippen molar-refractivity contribution in [1.82, 2.24) is 15.2 Å². The highest BCUT2D eigenvalue weighted by atomic mass is 32.2. The molecule has 86 valence electrons. The second kappa shape index (κ2) is 5.47. The molecular weight excluding hydrogens is 240 g/mol. The number of nitrogens with two attached hydrogens (primary N) is 1. The standard InChI is InChI=1S/C10H14N4S2/c1-2-8(11)9(7-3-4-15-5-7)16-10-12-6-13-14-10/h3-6,8-9H,2,11H2,1H3,(H,12,13,14). The van der Waals surface area contributed by atoms with E-state index in [-0.39, 0.29) is 11.3 Å². The number of rotatable bonds is 5. The molecule has 0 saturated carbocycles. The Labute approximate surface area is 103 Å². The molecule has 0 radical (unpaired) electrons. The Morgan fingerprint density at radius 3 is 3.06 bits per heavy atom. The molecule has 6 heteroatoms. The van der Waals surface area contributed by atoms with Gasteiger partial charge in [-0.2, -0.15) is 16.4 Å². The van der Waals surface area contributed by atoms with Gasteiger partial charge in [-0.25, -0.2) is 4.98 Å². The highest BCUT2D eigenvalue weighted by molar-refractivity contribution is 7.99. The van der Waals surface area contributed by atoms with Crippen LogP contribution >= 0.6 is 23.1 Å². The Kier molecular flexibility index (Phi) is 3.98. The normalized spacial score (nSPS) is 14.9. The summed E-state index contributed by atoms with van der Waals surface area (Å²) in [7, 11) is 0. The third-order valence-corrected chi connectivity index (χ3v) is 4.36. The van der Waals surface area contributed by atoms with Crippen molar-refractivity contribution in [1.29, 1.82) is 0 Å². The Morgan fingerprint density at radius 2 is 2.50 bits per heavy atom. The molecule has 0 bridgehead atoms. The van der Waals surface area contributed by atoms with Crippen molar-refractivity contribution in [2.24, 2.45) is 5.73 Å². The second-order valence-corrected chi connectivity index (χ2v) is 5.37. The smallest absolute Gasteiger partial charge is 0.184 e. The third-order valence-electron chi connectivity index (χ3n) is 2.36. The summed E-state index contributed by atoms with van der Waals surface area (Å²) in [5.74, 6) is 0. The third kappa shape index (κ3) is 2.63. The van der Waals surface area contributed by atoms with E-state index < -0.39 is 0 Å². The van der Waals surface area contributed by atoms with Gasteiger partial charge in [-0.3, -0.25) is 5.10 Å². The summed E-state index contributed by atoms with van der Waals surface area (Å²) in [6.45, 7) is 2.10. The van der Waals surface area contributed by atoms with E-state index in [2.05, 4.69) is 38.9 Å². The molecule has 0 aliphatic rings. The van der Waals surface area contributed by atoms with E-state index in [0.717, 1.165) is 11.6 Å². The van der Waals surface area contributed by atoms with E-state index in [1.165, 1.54) is 11.9 Å². The molecule has 3 N–H and O–H groups in total. The van der Waals surface area contributed by atoms with Crippen LogP contribution < -0.4 is 5.73 Å². The first-order valence-electron chi connectivity index (χ1n) is 5.11. The Morgan fingerprint density at radius 1 is 1.62 bits per heavy atom. The summed E-state index contributed by atoms with van der Waals surface area (Å²) in [5, 5.41) is 12.0. The lowest BCUT2D eigenvalue weighted by Crippen LogP contribution is -2.25. The van der Waals surface area contributed by atoms with E-state index >= 15 is 0 Å². The average Bonchev–Trinajstić information content (AvgIpc) is 2.97. The number of aromatic amines is 1. The minimum absolute atomic E-state index is 0.129. The number of H-pyrrole nitrogens is 1. The van der Waals surface area contributed by atoms with E-state index in [1.807, 2.05) is 0 Å². The summed E-state index contributed by atoms with van der Waals surface area (Å²) in [5.41, 5.74) is 7.41. The van der Waals surface area contributed by atoms with Crippen molar-refractivity contribution >= 4 is 23.1 Å². The lowest BCUT2D eigenvalue weighted by atomic mass is 10.1. The van der Waals surface area contributed by atoms with E-state index in [9.17, 15) is 0 Å². The fraction of sp³-hybridized carbons (Fsp3) is 0.400. The molecule has 2 heterocycles. The molecule has 4 nitrogen and oxygen atoms in total. The first-order valence-corrected chi connectivity index (χ1v) is 6.93. The van der Waals surface area contributed by atoms with E-state index in [0.29, 0.717) is 0 Å². The van der Waals surface area contributed by atoms with Gasteiger partial charge in [0, 0.05) is 6.04 Å². The maximum absolute atomic E-state index is 6.15. The molecule has 2 atom stereocenters. The quantitative estimate of drug-likeness (QED) is 0.804. The Hall–Kier alpha value is -0.850. The van der Waals surface area contributed by atoms with Gasteiger partial charge < -0.3 is 5.73 Å².